The van der Waals surface area contributed by atoms with Crippen molar-refractivity contribution in [2.24, 2.45) is 5.92 Å². The summed E-state index contributed by atoms with van der Waals surface area (Å²) in [5.41, 5.74) is 3.26. The molecule has 3 N–H and O–H groups in total. The lowest BCUT2D eigenvalue weighted by Gasteiger charge is -2.18. The number of carbonyl (C=O) groups is 1. The van der Waals surface area contributed by atoms with Gasteiger partial charge in [-0.15, -0.1) is 11.8 Å². The van der Waals surface area contributed by atoms with Gasteiger partial charge in [0.25, 0.3) is 0 Å². The van der Waals surface area contributed by atoms with Crippen molar-refractivity contribution in [1.82, 2.24) is 21.1 Å². The molecule has 4 unspecified atom stereocenters. The molecule has 0 spiro atoms. The fourth-order valence-electron chi connectivity index (χ4n) is 2.84. The van der Waals surface area contributed by atoms with Crippen LogP contribution < -0.4 is 16.1 Å². The van der Waals surface area contributed by atoms with Crippen molar-refractivity contribution in [3.05, 3.63) is 0 Å². The van der Waals surface area contributed by atoms with Crippen LogP contribution in [0.5, 0.6) is 0 Å². The van der Waals surface area contributed by atoms with Gasteiger partial charge in [0.2, 0.25) is 5.91 Å². The van der Waals surface area contributed by atoms with Gasteiger partial charge in [0.1, 0.15) is 11.5 Å². The maximum absolute atomic E-state index is 12.1. The Morgan fingerprint density at radius 2 is 2.17 bits per heavy atom. The zero-order chi connectivity index (χ0) is 12.7. The van der Waals surface area contributed by atoms with Crippen molar-refractivity contribution in [2.75, 3.05) is 13.6 Å². The van der Waals surface area contributed by atoms with Crippen LogP contribution >= 0.6 is 11.8 Å². The Bertz CT molecular complexity index is 336. The fraction of sp³-hybridized carbons (Fsp3) is 0.917. The molecule has 5 nitrogen and oxygen atoms in total. The van der Waals surface area contributed by atoms with E-state index in [-0.39, 0.29) is 17.4 Å². The topological polar surface area (TPSA) is 56.4 Å². The van der Waals surface area contributed by atoms with Crippen LogP contribution in [0.2, 0.25) is 0 Å². The van der Waals surface area contributed by atoms with Crippen LogP contribution in [0.1, 0.15) is 26.2 Å². The van der Waals surface area contributed by atoms with E-state index in [4.69, 9.17) is 0 Å². The molecule has 6 heteroatoms. The molecule has 0 radical (unpaired) electrons. The van der Waals surface area contributed by atoms with Crippen LogP contribution in [-0.4, -0.2) is 47.3 Å². The molecular formula is C12H22N4OS. The monoisotopic (exact) mass is 270 g/mol. The van der Waals surface area contributed by atoms with Crippen molar-refractivity contribution < 1.29 is 4.79 Å². The minimum atomic E-state index is -0.0623. The van der Waals surface area contributed by atoms with E-state index < -0.39 is 0 Å². The normalized spacial score (nSPS) is 41.2. The average molecular weight is 270 g/mol. The van der Waals surface area contributed by atoms with Gasteiger partial charge in [-0.25, -0.2) is 10.4 Å². The Morgan fingerprint density at radius 3 is 2.78 bits per heavy atom. The molecule has 0 aromatic rings. The number of nitrogens with one attached hydrogen (secondary N) is 3. The lowest BCUT2D eigenvalue weighted by Crippen LogP contribution is -2.50. The first-order valence-electron chi connectivity index (χ1n) is 6.82. The van der Waals surface area contributed by atoms with E-state index in [0.717, 1.165) is 18.9 Å². The third kappa shape index (κ3) is 2.66. The lowest BCUT2D eigenvalue weighted by molar-refractivity contribution is -0.123. The standard InChI is InChI=1S/C12H22N4OS/c1-7-10(8-3-4-8)13-12(18-7)14-11(17)9-5-6-16(2)15-9/h7-10,12-13,15H,3-6H2,1-2H3,(H,14,17). The van der Waals surface area contributed by atoms with E-state index in [1.54, 1.807) is 0 Å². The quantitative estimate of drug-likeness (QED) is 0.679. The number of carbonyl (C=O) groups excluding carboxylic acids is 1. The Kier molecular flexibility index (Phi) is 3.53. The summed E-state index contributed by atoms with van der Waals surface area (Å²) in [4.78, 5) is 12.1. The second-order valence-electron chi connectivity index (χ2n) is 5.65. The van der Waals surface area contributed by atoms with Gasteiger partial charge in [0, 0.05) is 24.9 Å². The van der Waals surface area contributed by atoms with Gasteiger partial charge in [-0.3, -0.25) is 10.1 Å². The molecule has 0 aromatic carbocycles. The minimum Gasteiger partial charge on any atom is -0.330 e. The lowest BCUT2D eigenvalue weighted by atomic mass is 10.1. The maximum Gasteiger partial charge on any atom is 0.240 e. The van der Waals surface area contributed by atoms with Gasteiger partial charge in [0.05, 0.1) is 0 Å². The SMILES string of the molecule is CC1SC(NC(=O)C2CCN(C)N2)NC1C1CC1. The molecule has 102 valence electrons. The third-order valence-electron chi connectivity index (χ3n) is 4.05. The number of thioether (sulfide) groups is 1. The largest absolute Gasteiger partial charge is 0.330 e. The number of rotatable bonds is 3. The highest BCUT2D eigenvalue weighted by molar-refractivity contribution is 8.00. The molecule has 1 amide bonds. The molecule has 0 bridgehead atoms. The molecule has 2 saturated heterocycles. The van der Waals surface area contributed by atoms with Crippen molar-refractivity contribution in [3.8, 4) is 0 Å². The van der Waals surface area contributed by atoms with Crippen LogP contribution in [0.4, 0.5) is 0 Å². The van der Waals surface area contributed by atoms with Crippen molar-refractivity contribution in [2.45, 2.75) is 49.0 Å². The van der Waals surface area contributed by atoms with E-state index in [9.17, 15) is 4.79 Å². The second-order valence-corrected chi connectivity index (χ2v) is 7.14. The smallest absolute Gasteiger partial charge is 0.240 e. The predicted octanol–water partition coefficient (Wildman–Crippen LogP) is 0.0984. The van der Waals surface area contributed by atoms with Gasteiger partial charge in [0.15, 0.2) is 0 Å². The third-order valence-corrected chi connectivity index (χ3v) is 5.30. The molecule has 2 heterocycles. The van der Waals surface area contributed by atoms with E-state index in [1.807, 2.05) is 23.8 Å². The van der Waals surface area contributed by atoms with Crippen LogP contribution in [-0.2, 0) is 4.79 Å². The van der Waals surface area contributed by atoms with E-state index >= 15 is 0 Å². The highest BCUT2D eigenvalue weighted by atomic mass is 32.2. The zero-order valence-corrected chi connectivity index (χ0v) is 11.8. The van der Waals surface area contributed by atoms with Gasteiger partial charge >= 0.3 is 0 Å². The van der Waals surface area contributed by atoms with Crippen molar-refractivity contribution in [1.29, 1.82) is 0 Å². The fourth-order valence-corrected chi connectivity index (χ4v) is 4.16. The van der Waals surface area contributed by atoms with E-state index in [2.05, 4.69) is 23.0 Å². The number of hydrogen-bond acceptors (Lipinski definition) is 5. The molecule has 3 aliphatic rings. The molecule has 2 aliphatic heterocycles. The van der Waals surface area contributed by atoms with Gasteiger partial charge < -0.3 is 5.32 Å². The first kappa shape index (κ1) is 12.7. The number of hydrogen-bond donors (Lipinski definition) is 3. The summed E-state index contributed by atoms with van der Waals surface area (Å²) in [6, 6.07) is 0.521. The first-order valence-corrected chi connectivity index (χ1v) is 7.77. The van der Waals surface area contributed by atoms with Crippen molar-refractivity contribution >= 4 is 17.7 Å². The molecule has 18 heavy (non-hydrogen) atoms. The molecular weight excluding hydrogens is 248 g/mol. The van der Waals surface area contributed by atoms with Crippen LogP contribution in [0.15, 0.2) is 0 Å². The second kappa shape index (κ2) is 5.00. The molecule has 3 fully saturated rings. The van der Waals surface area contributed by atoms with Crippen LogP contribution in [0.3, 0.4) is 0 Å². The highest BCUT2D eigenvalue weighted by Crippen LogP contribution is 2.41. The molecule has 1 saturated carbocycles. The summed E-state index contributed by atoms with van der Waals surface area (Å²) < 4.78 is 0. The highest BCUT2D eigenvalue weighted by Gasteiger charge is 2.42. The summed E-state index contributed by atoms with van der Waals surface area (Å²) in [7, 11) is 1.97. The van der Waals surface area contributed by atoms with Crippen LogP contribution in [0, 0.1) is 5.92 Å². The van der Waals surface area contributed by atoms with Crippen LogP contribution in [0.25, 0.3) is 0 Å². The Labute approximate surface area is 112 Å². The number of nitrogens with zero attached hydrogens (tertiary/aromatic N) is 1. The molecule has 1 aliphatic carbocycles. The summed E-state index contributed by atoms with van der Waals surface area (Å²) in [6.07, 6.45) is 3.58. The molecule has 0 aromatic heterocycles. The maximum atomic E-state index is 12.1. The minimum absolute atomic E-state index is 0.0623. The van der Waals surface area contributed by atoms with Gasteiger partial charge in [-0.2, -0.15) is 0 Å². The number of hydrazine groups is 1. The van der Waals surface area contributed by atoms with Gasteiger partial charge in [-0.1, -0.05) is 6.92 Å². The molecule has 4 atom stereocenters. The summed E-state index contributed by atoms with van der Waals surface area (Å²) in [5, 5.41) is 9.25. The number of amides is 1. The summed E-state index contributed by atoms with van der Waals surface area (Å²) in [5.74, 6) is 0.957. The predicted molar refractivity (Wildman–Crippen MR) is 72.8 cm³/mol. The van der Waals surface area contributed by atoms with Crippen molar-refractivity contribution in [3.63, 3.8) is 0 Å². The van der Waals surface area contributed by atoms with E-state index in [1.165, 1.54) is 12.8 Å². The molecule has 3 rings (SSSR count). The Hall–Kier alpha value is -0.300. The Balaban J connectivity index is 1.49. The van der Waals surface area contributed by atoms with E-state index in [0.29, 0.717) is 11.3 Å². The summed E-state index contributed by atoms with van der Waals surface area (Å²) >= 11 is 1.85. The Morgan fingerprint density at radius 1 is 1.39 bits per heavy atom. The average Bonchev–Trinajstić information content (AvgIpc) is 2.97. The first-order chi connectivity index (χ1) is 8.63. The summed E-state index contributed by atoms with van der Waals surface area (Å²) in [6.45, 7) is 3.19. The zero-order valence-electron chi connectivity index (χ0n) is 11.0. The van der Waals surface area contributed by atoms with Gasteiger partial charge in [-0.05, 0) is 25.2 Å².